The van der Waals surface area contributed by atoms with E-state index in [9.17, 15) is 0 Å². The van der Waals surface area contributed by atoms with Crippen molar-refractivity contribution in [3.63, 3.8) is 0 Å². The molecule has 0 aliphatic rings. The van der Waals surface area contributed by atoms with E-state index in [0.717, 1.165) is 7.11 Å². The predicted molar refractivity (Wildman–Crippen MR) is 41.6 cm³/mol. The second-order valence-electron chi connectivity index (χ2n) is 2.04. The summed E-state index contributed by atoms with van der Waals surface area (Å²) in [4.78, 5) is 26.8. The van der Waals surface area contributed by atoms with Crippen LogP contribution in [0.25, 0.3) is 0 Å². The van der Waals surface area contributed by atoms with Crippen LogP contribution in [0.2, 0.25) is 0 Å². The number of rotatable bonds is 4. The Balaban J connectivity index is 4.01. The third kappa shape index (κ3) is 5.12. The van der Waals surface area contributed by atoms with Crippen molar-refractivity contribution in [1.29, 1.82) is 0 Å². The first kappa shape index (κ1) is 10.8. The van der Waals surface area contributed by atoms with Crippen molar-refractivity contribution < 1.29 is 23.9 Å². The standard InChI is InChI=1S/C5H13O5P/c1-9-4-3-5-11(6,7,8)10-2/h3-4,6-8H,5H2,1-2H3. The Morgan fingerprint density at radius 3 is 2.18 bits per heavy atom. The van der Waals surface area contributed by atoms with Gasteiger partial charge in [0.1, 0.15) is 0 Å². The Labute approximate surface area is 65.1 Å². The zero-order chi connectivity index (χ0) is 8.98. The summed E-state index contributed by atoms with van der Waals surface area (Å²) in [5.74, 6) is 0. The molecule has 0 bridgehead atoms. The summed E-state index contributed by atoms with van der Waals surface area (Å²) < 4.78 is 8.64. The summed E-state index contributed by atoms with van der Waals surface area (Å²) in [6.45, 7) is 0. The topological polar surface area (TPSA) is 79.2 Å². The van der Waals surface area contributed by atoms with Crippen LogP contribution in [0.4, 0.5) is 0 Å². The third-order valence-corrected chi connectivity index (χ3v) is 2.63. The van der Waals surface area contributed by atoms with E-state index in [2.05, 4.69) is 9.26 Å². The van der Waals surface area contributed by atoms with Gasteiger partial charge in [0.25, 0.3) is 0 Å². The van der Waals surface area contributed by atoms with E-state index in [-0.39, 0.29) is 6.16 Å². The van der Waals surface area contributed by atoms with Crippen molar-refractivity contribution in [2.75, 3.05) is 20.4 Å². The monoisotopic (exact) mass is 184 g/mol. The van der Waals surface area contributed by atoms with Crippen molar-refractivity contribution in [3.8, 4) is 0 Å². The van der Waals surface area contributed by atoms with Gasteiger partial charge < -0.3 is 0 Å². The van der Waals surface area contributed by atoms with Gasteiger partial charge in [0.15, 0.2) is 0 Å². The Bertz CT molecular complexity index is 147. The fourth-order valence-electron chi connectivity index (χ4n) is 0.398. The molecule has 6 heteroatoms. The zero-order valence-corrected chi connectivity index (χ0v) is 7.36. The summed E-state index contributed by atoms with van der Waals surface area (Å²) in [7, 11) is -2.40. The number of hydrogen-bond acceptors (Lipinski definition) is 5. The van der Waals surface area contributed by atoms with Gasteiger partial charge in [-0.25, -0.2) is 0 Å². The quantitative estimate of drug-likeness (QED) is 0.422. The van der Waals surface area contributed by atoms with Gasteiger partial charge in [0.2, 0.25) is 0 Å². The van der Waals surface area contributed by atoms with Gasteiger partial charge in [-0.2, -0.15) is 0 Å². The molecule has 0 aromatic rings. The van der Waals surface area contributed by atoms with Gasteiger partial charge in [-0.05, 0) is 0 Å². The molecular weight excluding hydrogens is 171 g/mol. The van der Waals surface area contributed by atoms with Crippen LogP contribution in [0.1, 0.15) is 0 Å². The van der Waals surface area contributed by atoms with E-state index in [1.807, 2.05) is 0 Å². The molecule has 0 aliphatic carbocycles. The van der Waals surface area contributed by atoms with E-state index >= 15 is 0 Å². The molecule has 0 unspecified atom stereocenters. The van der Waals surface area contributed by atoms with E-state index in [0.29, 0.717) is 0 Å². The summed E-state index contributed by atoms with van der Waals surface area (Å²) in [6.07, 6.45) is 2.13. The van der Waals surface area contributed by atoms with Crippen LogP contribution >= 0.6 is 7.51 Å². The van der Waals surface area contributed by atoms with Crippen LogP contribution in [0, 0.1) is 0 Å². The van der Waals surface area contributed by atoms with Crippen molar-refractivity contribution in [1.82, 2.24) is 0 Å². The van der Waals surface area contributed by atoms with Crippen LogP contribution in [0.3, 0.4) is 0 Å². The van der Waals surface area contributed by atoms with E-state index in [4.69, 9.17) is 14.7 Å². The molecule has 0 amide bonds. The van der Waals surface area contributed by atoms with Crippen LogP contribution in [-0.2, 0) is 9.26 Å². The molecule has 0 fully saturated rings. The third-order valence-electron chi connectivity index (χ3n) is 1.03. The molecule has 0 heterocycles. The summed E-state index contributed by atoms with van der Waals surface area (Å²) >= 11 is 0. The van der Waals surface area contributed by atoms with Gasteiger partial charge >= 0.3 is 64.2 Å². The van der Waals surface area contributed by atoms with Gasteiger partial charge in [-0.1, -0.05) is 0 Å². The molecule has 0 rings (SSSR count). The Hall–Kier alpha value is -0.190. The Morgan fingerprint density at radius 2 is 1.82 bits per heavy atom. The molecule has 5 nitrogen and oxygen atoms in total. The summed E-state index contributed by atoms with van der Waals surface area (Å²) in [6, 6.07) is 0. The SMILES string of the molecule is COC=CCP(O)(O)(O)OC. The Morgan fingerprint density at radius 1 is 1.27 bits per heavy atom. The zero-order valence-electron chi connectivity index (χ0n) is 6.47. The second kappa shape index (κ2) is 3.47. The predicted octanol–water partition coefficient (Wildman–Crippen LogP) is -0.0169. The average molecular weight is 184 g/mol. The van der Waals surface area contributed by atoms with Crippen LogP contribution in [0.5, 0.6) is 0 Å². The van der Waals surface area contributed by atoms with Crippen molar-refractivity contribution in [2.24, 2.45) is 0 Å². The summed E-state index contributed by atoms with van der Waals surface area (Å²) in [5, 5.41) is 0. The molecule has 0 spiro atoms. The number of hydrogen-bond donors (Lipinski definition) is 3. The maximum atomic E-state index is 8.93. The molecule has 0 radical (unpaired) electrons. The maximum absolute atomic E-state index is 8.93. The minimum absolute atomic E-state index is 0.365. The first-order valence-corrected chi connectivity index (χ1v) is 5.09. The molecule has 3 N–H and O–H groups in total. The normalized spacial score (nSPS) is 16.3. The molecule has 11 heavy (non-hydrogen) atoms. The average Bonchev–Trinajstić information content (AvgIpc) is 1.88. The van der Waals surface area contributed by atoms with E-state index in [1.54, 1.807) is 0 Å². The van der Waals surface area contributed by atoms with Crippen molar-refractivity contribution >= 4 is 7.51 Å². The molecule has 0 atom stereocenters. The number of ether oxygens (including phenoxy) is 1. The van der Waals surface area contributed by atoms with Gasteiger partial charge in [-0.3, -0.25) is 0 Å². The van der Waals surface area contributed by atoms with Gasteiger partial charge in [0, 0.05) is 0 Å². The molecule has 0 aromatic heterocycles. The Kier molecular flexibility index (Phi) is 3.41. The van der Waals surface area contributed by atoms with Gasteiger partial charge in [-0.15, -0.1) is 0 Å². The molecule has 0 aliphatic heterocycles. The first-order chi connectivity index (χ1) is 4.89. The fraction of sp³-hybridized carbons (Fsp3) is 0.600. The molecular formula is C5H13O5P. The first-order valence-electron chi connectivity index (χ1n) is 2.89. The van der Waals surface area contributed by atoms with E-state index < -0.39 is 7.51 Å². The number of allylic oxidation sites excluding steroid dienone is 1. The minimum atomic E-state index is -4.84. The summed E-state index contributed by atoms with van der Waals surface area (Å²) in [5.41, 5.74) is 0. The van der Waals surface area contributed by atoms with Gasteiger partial charge in [0.05, 0.1) is 0 Å². The second-order valence-corrected chi connectivity index (χ2v) is 4.90. The van der Waals surface area contributed by atoms with Crippen molar-refractivity contribution in [2.45, 2.75) is 0 Å². The van der Waals surface area contributed by atoms with Crippen LogP contribution in [-0.4, -0.2) is 35.1 Å². The van der Waals surface area contributed by atoms with Crippen molar-refractivity contribution in [3.05, 3.63) is 12.3 Å². The molecule has 0 saturated heterocycles. The van der Waals surface area contributed by atoms with Crippen LogP contribution < -0.4 is 0 Å². The fourth-order valence-corrected chi connectivity index (χ4v) is 1.00. The number of methoxy groups -OCH3 is 1. The van der Waals surface area contributed by atoms with Crippen LogP contribution in [0.15, 0.2) is 12.3 Å². The molecule has 0 saturated carbocycles. The van der Waals surface area contributed by atoms with E-state index in [1.165, 1.54) is 19.4 Å². The molecule has 0 aromatic carbocycles. The molecule has 68 valence electrons.